The van der Waals surface area contributed by atoms with Crippen LogP contribution in [0.3, 0.4) is 0 Å². The van der Waals surface area contributed by atoms with E-state index in [1.54, 1.807) is 24.3 Å². The number of benzene rings is 2. The summed E-state index contributed by atoms with van der Waals surface area (Å²) in [6, 6.07) is 6.37. The van der Waals surface area contributed by atoms with E-state index in [0.29, 0.717) is 22.4 Å². The molecule has 0 amide bonds. The van der Waals surface area contributed by atoms with Gasteiger partial charge >= 0.3 is 0 Å². The number of phenols is 2. The Bertz CT molecular complexity index is 1090. The largest absolute Gasteiger partial charge is 0.508 e. The van der Waals surface area contributed by atoms with Crippen LogP contribution in [0, 0.1) is 0 Å². The van der Waals surface area contributed by atoms with Gasteiger partial charge < -0.3 is 29.9 Å². The molecule has 2 unspecified atom stereocenters. The minimum absolute atomic E-state index is 0.00761. The molecule has 2 aromatic carbocycles. The van der Waals surface area contributed by atoms with Crippen molar-refractivity contribution in [1.82, 2.24) is 0 Å². The van der Waals surface area contributed by atoms with E-state index < -0.39 is 23.4 Å². The third-order valence-electron chi connectivity index (χ3n) is 5.92. The van der Waals surface area contributed by atoms with Crippen LogP contribution in [0.2, 0.25) is 0 Å². The van der Waals surface area contributed by atoms with Gasteiger partial charge in [0.1, 0.15) is 40.3 Å². The highest BCUT2D eigenvalue weighted by Crippen LogP contribution is 2.51. The molecule has 2 heterocycles. The van der Waals surface area contributed by atoms with Crippen molar-refractivity contribution in [2.45, 2.75) is 63.9 Å². The number of carbonyl (C=O) groups is 1. The third-order valence-corrected chi connectivity index (χ3v) is 5.92. The highest BCUT2D eigenvalue weighted by Gasteiger charge is 2.39. The van der Waals surface area contributed by atoms with E-state index in [4.69, 9.17) is 9.47 Å². The zero-order valence-corrected chi connectivity index (χ0v) is 18.5. The number of Topliss-reactive ketones (excluding diaryl/α,β-unsaturated/α-hetero) is 1. The maximum Gasteiger partial charge on any atom is 0.174 e. The Hall–Kier alpha value is -3.03. The summed E-state index contributed by atoms with van der Waals surface area (Å²) in [6.45, 7) is 6.69. The van der Waals surface area contributed by atoms with Gasteiger partial charge in [0.2, 0.25) is 0 Å². The topological polar surface area (TPSA) is 116 Å². The van der Waals surface area contributed by atoms with Gasteiger partial charge in [0, 0.05) is 12.0 Å². The molecule has 0 aliphatic carbocycles. The lowest BCUT2D eigenvalue weighted by molar-refractivity contribution is -0.0476. The van der Waals surface area contributed by atoms with Gasteiger partial charge in [-0.3, -0.25) is 4.79 Å². The smallest absolute Gasteiger partial charge is 0.174 e. The normalized spacial score (nSPS) is 20.1. The molecule has 0 aromatic heterocycles. The average Bonchev–Trinajstić information content (AvgIpc) is 2.69. The van der Waals surface area contributed by atoms with E-state index in [1.807, 2.05) is 13.8 Å². The maximum absolute atomic E-state index is 13.1. The van der Waals surface area contributed by atoms with Crippen LogP contribution in [-0.2, 0) is 6.42 Å². The van der Waals surface area contributed by atoms with Crippen molar-refractivity contribution in [2.75, 3.05) is 0 Å². The van der Waals surface area contributed by atoms with Crippen LogP contribution in [0.25, 0.3) is 6.08 Å². The molecule has 0 bridgehead atoms. The van der Waals surface area contributed by atoms with Crippen LogP contribution in [0.1, 0.15) is 67.3 Å². The number of aliphatic hydroxyl groups excluding tert-OH is 1. The Balaban J connectivity index is 1.89. The fraction of sp³-hybridized carbons (Fsp3) is 0.400. The zero-order chi connectivity index (χ0) is 23.4. The predicted octanol–water partition coefficient (Wildman–Crippen LogP) is 3.66. The third kappa shape index (κ3) is 3.94. The summed E-state index contributed by atoms with van der Waals surface area (Å²) in [5.74, 6) is 0.0276. The molecule has 7 heteroatoms. The Kier molecular flexibility index (Phi) is 5.22. The van der Waals surface area contributed by atoms with Crippen molar-refractivity contribution in [3.05, 3.63) is 52.6 Å². The van der Waals surface area contributed by atoms with Gasteiger partial charge in [-0.1, -0.05) is 12.1 Å². The Labute approximate surface area is 186 Å². The number of aliphatic hydroxyl groups is 2. The SMILES string of the molecule is CC1(C)C=Cc2c(O)c3c(c(CC(O)C(C)(C)O)c2O1)OC(c1ccc(O)cc1)CC3=O. The second-order valence-corrected chi connectivity index (χ2v) is 9.51. The molecule has 0 saturated carbocycles. The molecule has 4 N–H and O–H groups in total. The fourth-order valence-corrected chi connectivity index (χ4v) is 3.97. The molecule has 2 aliphatic heterocycles. The first-order valence-electron chi connectivity index (χ1n) is 10.6. The van der Waals surface area contributed by atoms with Crippen molar-refractivity contribution in [1.29, 1.82) is 0 Å². The standard InChI is InChI=1S/C25H28O7/c1-24(2)10-9-15-21(29)20-17(27)12-18(13-5-7-14(26)8-6-13)31-23(20)16(22(15)32-24)11-19(28)25(3,4)30/h5-10,18-19,26,28-30H,11-12H2,1-4H3. The monoisotopic (exact) mass is 440 g/mol. The molecule has 2 aliphatic rings. The predicted molar refractivity (Wildman–Crippen MR) is 118 cm³/mol. The van der Waals surface area contributed by atoms with E-state index in [-0.39, 0.29) is 41.4 Å². The van der Waals surface area contributed by atoms with E-state index in [2.05, 4.69) is 0 Å². The Morgan fingerprint density at radius 1 is 1.16 bits per heavy atom. The molecular weight excluding hydrogens is 412 g/mol. The van der Waals surface area contributed by atoms with Gasteiger partial charge in [-0.05, 0) is 57.5 Å². The van der Waals surface area contributed by atoms with Gasteiger partial charge in [-0.2, -0.15) is 0 Å². The summed E-state index contributed by atoms with van der Waals surface area (Å²) in [7, 11) is 0. The minimum atomic E-state index is -1.41. The quantitative estimate of drug-likeness (QED) is 0.573. The number of ether oxygens (including phenoxy) is 2. The van der Waals surface area contributed by atoms with Gasteiger partial charge in [0.05, 0.1) is 23.7 Å². The van der Waals surface area contributed by atoms with Crippen molar-refractivity contribution in [2.24, 2.45) is 0 Å². The molecule has 0 spiro atoms. The second-order valence-electron chi connectivity index (χ2n) is 9.51. The maximum atomic E-state index is 13.1. The summed E-state index contributed by atoms with van der Waals surface area (Å²) in [5.41, 5.74) is -0.597. The number of fused-ring (bicyclic) bond motifs is 2. The van der Waals surface area contributed by atoms with Gasteiger partial charge in [0.25, 0.3) is 0 Å². The first-order valence-corrected chi connectivity index (χ1v) is 10.6. The van der Waals surface area contributed by atoms with E-state index in [9.17, 15) is 25.2 Å². The molecule has 0 fully saturated rings. The van der Waals surface area contributed by atoms with Crippen LogP contribution in [-0.4, -0.2) is 43.5 Å². The highest BCUT2D eigenvalue weighted by atomic mass is 16.5. The van der Waals surface area contributed by atoms with Crippen LogP contribution >= 0.6 is 0 Å². The van der Waals surface area contributed by atoms with Gasteiger partial charge in [-0.25, -0.2) is 0 Å². The summed E-state index contributed by atoms with van der Waals surface area (Å²) in [4.78, 5) is 13.1. The van der Waals surface area contributed by atoms with E-state index in [0.717, 1.165) is 0 Å². The lowest BCUT2D eigenvalue weighted by Crippen LogP contribution is -2.38. The number of aromatic hydroxyl groups is 2. The Morgan fingerprint density at radius 3 is 2.44 bits per heavy atom. The van der Waals surface area contributed by atoms with Crippen molar-refractivity contribution < 1.29 is 34.7 Å². The molecule has 0 saturated heterocycles. The summed E-state index contributed by atoms with van der Waals surface area (Å²) < 4.78 is 12.4. The average molecular weight is 440 g/mol. The van der Waals surface area contributed by atoms with Crippen LogP contribution < -0.4 is 9.47 Å². The summed E-state index contributed by atoms with van der Waals surface area (Å²) in [6.07, 6.45) is 1.63. The summed E-state index contributed by atoms with van der Waals surface area (Å²) >= 11 is 0. The summed E-state index contributed by atoms with van der Waals surface area (Å²) in [5, 5.41) is 41.5. The zero-order valence-electron chi connectivity index (χ0n) is 18.5. The number of rotatable bonds is 4. The van der Waals surface area contributed by atoms with Crippen LogP contribution in [0.5, 0.6) is 23.0 Å². The first-order chi connectivity index (χ1) is 14.9. The fourth-order valence-electron chi connectivity index (χ4n) is 3.97. The number of ketones is 1. The lowest BCUT2D eigenvalue weighted by Gasteiger charge is -2.35. The molecule has 32 heavy (non-hydrogen) atoms. The van der Waals surface area contributed by atoms with Crippen molar-refractivity contribution in [3.8, 4) is 23.0 Å². The molecule has 2 aromatic rings. The molecule has 170 valence electrons. The number of carbonyl (C=O) groups excluding carboxylic acids is 1. The van der Waals surface area contributed by atoms with Crippen molar-refractivity contribution in [3.63, 3.8) is 0 Å². The highest BCUT2D eigenvalue weighted by molar-refractivity contribution is 6.05. The lowest BCUT2D eigenvalue weighted by atomic mass is 9.86. The molecule has 2 atom stereocenters. The number of hydrogen-bond donors (Lipinski definition) is 4. The Morgan fingerprint density at radius 2 is 1.81 bits per heavy atom. The molecule has 7 nitrogen and oxygen atoms in total. The van der Waals surface area contributed by atoms with E-state index >= 15 is 0 Å². The van der Waals surface area contributed by atoms with E-state index in [1.165, 1.54) is 26.0 Å². The van der Waals surface area contributed by atoms with Crippen molar-refractivity contribution >= 4 is 11.9 Å². The minimum Gasteiger partial charge on any atom is -0.508 e. The second kappa shape index (κ2) is 7.53. The first kappa shape index (κ1) is 22.2. The van der Waals surface area contributed by atoms with Gasteiger partial charge in [-0.15, -0.1) is 0 Å². The van der Waals surface area contributed by atoms with Crippen LogP contribution in [0.4, 0.5) is 0 Å². The molecular formula is C25H28O7. The molecule has 0 radical (unpaired) electrons. The molecule has 4 rings (SSSR count). The number of phenolic OH excluding ortho intramolecular Hbond substituents is 2. The van der Waals surface area contributed by atoms with Crippen LogP contribution in [0.15, 0.2) is 30.3 Å². The van der Waals surface area contributed by atoms with Gasteiger partial charge in [0.15, 0.2) is 5.78 Å². The number of hydrogen-bond acceptors (Lipinski definition) is 7.